The van der Waals surface area contributed by atoms with Crippen molar-refractivity contribution in [2.45, 2.75) is 30.6 Å². The highest BCUT2D eigenvalue weighted by atomic mass is 79.9. The van der Waals surface area contributed by atoms with Gasteiger partial charge in [0.1, 0.15) is 10.7 Å². The highest BCUT2D eigenvalue weighted by molar-refractivity contribution is 9.10. The van der Waals surface area contributed by atoms with Crippen LogP contribution in [0.15, 0.2) is 27.6 Å². The molecule has 21 heavy (non-hydrogen) atoms. The first-order chi connectivity index (χ1) is 9.99. The SMILES string of the molecule is O=S(=O)(NCCCN1CCCCC1)c1cc(Br)ccc1F. The molecular formula is C14H20BrFN2O2S. The van der Waals surface area contributed by atoms with E-state index in [4.69, 9.17) is 0 Å². The summed E-state index contributed by atoms with van der Waals surface area (Å²) < 4.78 is 40.8. The number of sulfonamides is 1. The lowest BCUT2D eigenvalue weighted by Crippen LogP contribution is -2.33. The molecule has 1 heterocycles. The van der Waals surface area contributed by atoms with Crippen LogP contribution in [0.3, 0.4) is 0 Å². The van der Waals surface area contributed by atoms with Crippen molar-refractivity contribution in [3.8, 4) is 0 Å². The molecule has 1 aliphatic heterocycles. The summed E-state index contributed by atoms with van der Waals surface area (Å²) in [5.74, 6) is -0.735. The number of likely N-dealkylation sites (tertiary alicyclic amines) is 1. The molecule has 118 valence electrons. The Bertz CT molecular complexity index is 574. The minimum absolute atomic E-state index is 0.310. The normalized spacial score (nSPS) is 17.0. The predicted molar refractivity (Wildman–Crippen MR) is 84.2 cm³/mol. The third-order valence-electron chi connectivity index (χ3n) is 3.57. The molecule has 0 saturated carbocycles. The third-order valence-corrected chi connectivity index (χ3v) is 5.54. The van der Waals surface area contributed by atoms with E-state index >= 15 is 0 Å². The van der Waals surface area contributed by atoms with Gasteiger partial charge in [-0.2, -0.15) is 0 Å². The molecule has 0 aliphatic carbocycles. The molecule has 0 bridgehead atoms. The van der Waals surface area contributed by atoms with Gasteiger partial charge < -0.3 is 4.90 Å². The molecule has 1 N–H and O–H groups in total. The van der Waals surface area contributed by atoms with Crippen LogP contribution in [0.25, 0.3) is 0 Å². The molecule has 4 nitrogen and oxygen atoms in total. The Balaban J connectivity index is 1.85. The van der Waals surface area contributed by atoms with E-state index in [1.165, 1.54) is 31.4 Å². The highest BCUT2D eigenvalue weighted by Crippen LogP contribution is 2.19. The summed E-state index contributed by atoms with van der Waals surface area (Å²) in [6.45, 7) is 3.38. The average Bonchev–Trinajstić information content (AvgIpc) is 2.47. The summed E-state index contributed by atoms with van der Waals surface area (Å²) in [7, 11) is -3.79. The highest BCUT2D eigenvalue weighted by Gasteiger charge is 2.19. The molecule has 0 amide bonds. The number of rotatable bonds is 6. The summed E-state index contributed by atoms with van der Waals surface area (Å²) in [5.41, 5.74) is 0. The Morgan fingerprint density at radius 3 is 2.67 bits per heavy atom. The summed E-state index contributed by atoms with van der Waals surface area (Å²) >= 11 is 3.16. The monoisotopic (exact) mass is 378 g/mol. The van der Waals surface area contributed by atoms with Crippen molar-refractivity contribution in [1.82, 2.24) is 9.62 Å². The van der Waals surface area contributed by atoms with Gasteiger partial charge in [0.05, 0.1) is 0 Å². The van der Waals surface area contributed by atoms with Gasteiger partial charge in [0.25, 0.3) is 0 Å². The number of piperidine rings is 1. The van der Waals surface area contributed by atoms with Crippen LogP contribution < -0.4 is 4.72 Å². The second kappa shape index (κ2) is 7.67. The zero-order valence-corrected chi connectivity index (χ0v) is 14.2. The second-order valence-electron chi connectivity index (χ2n) is 5.23. The zero-order valence-electron chi connectivity index (χ0n) is 11.8. The number of hydrogen-bond donors (Lipinski definition) is 1. The first kappa shape index (κ1) is 16.9. The lowest BCUT2D eigenvalue weighted by Gasteiger charge is -2.26. The molecule has 1 saturated heterocycles. The summed E-state index contributed by atoms with van der Waals surface area (Å²) in [6, 6.07) is 3.90. The Morgan fingerprint density at radius 2 is 1.95 bits per heavy atom. The fourth-order valence-electron chi connectivity index (χ4n) is 2.45. The van der Waals surface area contributed by atoms with Crippen LogP contribution in [0.5, 0.6) is 0 Å². The molecule has 0 atom stereocenters. The molecule has 1 fully saturated rings. The largest absolute Gasteiger partial charge is 0.303 e. The van der Waals surface area contributed by atoms with Crippen LogP contribution in [0.1, 0.15) is 25.7 Å². The van der Waals surface area contributed by atoms with E-state index in [1.807, 2.05) is 0 Å². The quantitative estimate of drug-likeness (QED) is 0.774. The summed E-state index contributed by atoms with van der Waals surface area (Å²) in [5, 5.41) is 0. The fraction of sp³-hybridized carbons (Fsp3) is 0.571. The third kappa shape index (κ3) is 5.02. The molecule has 0 aromatic heterocycles. The topological polar surface area (TPSA) is 49.4 Å². The number of nitrogens with zero attached hydrogens (tertiary/aromatic N) is 1. The van der Waals surface area contributed by atoms with Crippen molar-refractivity contribution in [2.75, 3.05) is 26.2 Å². The van der Waals surface area contributed by atoms with Crippen LogP contribution in [-0.4, -0.2) is 39.5 Å². The van der Waals surface area contributed by atoms with E-state index in [2.05, 4.69) is 25.6 Å². The molecule has 2 rings (SSSR count). The minimum Gasteiger partial charge on any atom is -0.303 e. The standard InChI is InChI=1S/C14H20BrFN2O2S/c15-12-5-6-13(16)14(11-12)21(19,20)17-7-4-10-18-8-2-1-3-9-18/h5-6,11,17H,1-4,7-10H2. The Morgan fingerprint density at radius 1 is 1.24 bits per heavy atom. The van der Waals surface area contributed by atoms with Crippen molar-refractivity contribution in [2.24, 2.45) is 0 Å². The van der Waals surface area contributed by atoms with E-state index in [0.29, 0.717) is 11.0 Å². The number of benzene rings is 1. The van der Waals surface area contributed by atoms with Crippen molar-refractivity contribution in [3.05, 3.63) is 28.5 Å². The lowest BCUT2D eigenvalue weighted by atomic mass is 10.1. The number of nitrogens with one attached hydrogen (secondary N) is 1. The van der Waals surface area contributed by atoms with E-state index in [-0.39, 0.29) is 4.90 Å². The maximum Gasteiger partial charge on any atom is 0.243 e. The van der Waals surface area contributed by atoms with Gasteiger partial charge in [0.15, 0.2) is 0 Å². The molecule has 0 radical (unpaired) electrons. The van der Waals surface area contributed by atoms with Gasteiger partial charge in [0.2, 0.25) is 10.0 Å². The average molecular weight is 379 g/mol. The number of hydrogen-bond acceptors (Lipinski definition) is 3. The smallest absolute Gasteiger partial charge is 0.243 e. The molecule has 1 aliphatic rings. The van der Waals surface area contributed by atoms with E-state index in [0.717, 1.165) is 32.1 Å². The fourth-order valence-corrected chi connectivity index (χ4v) is 4.14. The predicted octanol–water partition coefficient (Wildman–Crippen LogP) is 2.74. The van der Waals surface area contributed by atoms with Crippen molar-refractivity contribution < 1.29 is 12.8 Å². The second-order valence-corrected chi connectivity index (χ2v) is 7.88. The van der Waals surface area contributed by atoms with Crippen molar-refractivity contribution in [3.63, 3.8) is 0 Å². The zero-order chi connectivity index (χ0) is 15.3. The molecule has 0 spiro atoms. The van der Waals surface area contributed by atoms with Gasteiger partial charge in [-0.3, -0.25) is 0 Å². The van der Waals surface area contributed by atoms with Crippen LogP contribution in [0.4, 0.5) is 4.39 Å². The maximum atomic E-state index is 13.6. The van der Waals surface area contributed by atoms with Gasteiger partial charge >= 0.3 is 0 Å². The van der Waals surface area contributed by atoms with E-state index in [9.17, 15) is 12.8 Å². The minimum atomic E-state index is -3.79. The Kier molecular flexibility index (Phi) is 6.16. The van der Waals surface area contributed by atoms with E-state index < -0.39 is 15.8 Å². The van der Waals surface area contributed by atoms with Crippen molar-refractivity contribution >= 4 is 26.0 Å². The molecular weight excluding hydrogens is 359 g/mol. The molecule has 7 heteroatoms. The number of halogens is 2. The molecule has 1 aromatic rings. The van der Waals surface area contributed by atoms with Gasteiger partial charge in [-0.25, -0.2) is 17.5 Å². The first-order valence-corrected chi connectivity index (χ1v) is 9.44. The van der Waals surface area contributed by atoms with Gasteiger partial charge in [0, 0.05) is 11.0 Å². The lowest BCUT2D eigenvalue weighted by molar-refractivity contribution is 0.227. The van der Waals surface area contributed by atoms with Gasteiger partial charge in [-0.05, 0) is 57.1 Å². The maximum absolute atomic E-state index is 13.6. The van der Waals surface area contributed by atoms with Crippen LogP contribution in [-0.2, 0) is 10.0 Å². The van der Waals surface area contributed by atoms with Crippen LogP contribution >= 0.6 is 15.9 Å². The molecule has 1 aromatic carbocycles. The van der Waals surface area contributed by atoms with Gasteiger partial charge in [-0.1, -0.05) is 22.4 Å². The summed E-state index contributed by atoms with van der Waals surface area (Å²) in [6.07, 6.45) is 4.45. The Labute approximate surface area is 133 Å². The van der Waals surface area contributed by atoms with Crippen LogP contribution in [0, 0.1) is 5.82 Å². The Hall–Kier alpha value is -0.500. The van der Waals surface area contributed by atoms with Crippen molar-refractivity contribution in [1.29, 1.82) is 0 Å². The van der Waals surface area contributed by atoms with Gasteiger partial charge in [-0.15, -0.1) is 0 Å². The van der Waals surface area contributed by atoms with E-state index in [1.54, 1.807) is 0 Å². The van der Waals surface area contributed by atoms with Crippen LogP contribution in [0.2, 0.25) is 0 Å². The molecule has 0 unspecified atom stereocenters. The summed E-state index contributed by atoms with van der Waals surface area (Å²) in [4.78, 5) is 2.03. The first-order valence-electron chi connectivity index (χ1n) is 7.16.